The van der Waals surface area contributed by atoms with Crippen LogP contribution in [0.4, 0.5) is 4.79 Å². The lowest BCUT2D eigenvalue weighted by molar-refractivity contribution is -0.302. The van der Waals surface area contributed by atoms with Crippen molar-refractivity contribution in [3.8, 4) is 0 Å². The number of piperidine rings is 1. The maximum atomic E-state index is 14.6. The molecule has 1 saturated carbocycles. The zero-order valence-electron chi connectivity index (χ0n) is 44.0. The van der Waals surface area contributed by atoms with Crippen LogP contribution < -0.4 is 0 Å². The number of ketones is 2. The molecule has 0 aromatic heterocycles. The number of allylic oxidation sites excluding steroid dienone is 5. The molecule has 0 aromatic carbocycles. The third-order valence-corrected chi connectivity index (χ3v) is 16.2. The van der Waals surface area contributed by atoms with Gasteiger partial charge in [0.25, 0.3) is 11.7 Å². The molecule has 4 saturated heterocycles. The topological polar surface area (TPSA) is 200 Å². The molecule has 6 rings (SSSR count). The van der Waals surface area contributed by atoms with E-state index >= 15 is 0 Å². The van der Waals surface area contributed by atoms with Gasteiger partial charge in [0.1, 0.15) is 30.1 Å². The lowest BCUT2D eigenvalue weighted by atomic mass is 9.81. The minimum absolute atomic E-state index is 0. The molecular formula is C55H89N3O14. The Morgan fingerprint density at radius 2 is 1.56 bits per heavy atom. The molecule has 408 valence electrons. The molecule has 72 heavy (non-hydrogen) atoms. The third kappa shape index (κ3) is 14.4. The number of cyclic esters (lactones) is 1. The fourth-order valence-corrected chi connectivity index (χ4v) is 11.8. The largest absolute Gasteiger partial charge is 0.456 e. The normalized spacial score (nSPS) is 37.6. The number of aliphatic hydroxyl groups is 2. The van der Waals surface area contributed by atoms with E-state index in [1.165, 1.54) is 19.1 Å². The number of fused-ring (bicyclic) bond motifs is 3. The standard InChI is InChI=1S/C54H85N3O14.CH4/c1-10-11-12-15-39-25-33(2)24-34(3)26-46(66-8)49-47(67-9)28-36(5)54(64,71-49)50(60)51(61)57-19-14-13-16-41(57)52(62)70-48(37(6)42(58)30-43(39)59)35(4)27-38-17-18-44(45(29-38)65-7)69-53(63)56-31-40(32-56)55-20-22-68-23-21-55;/h11-12,25,27,34,36-42,44-49,58,64H,10,13-24,26,28-32H2,1-9H3;1H4/b12-11+,33-25+,35-27+;/t34-,36+,37+,38-,39+,41-,42-,44+,45+,46-,47-,48+,49+,54+;/m0./s1. The van der Waals surface area contributed by atoms with E-state index in [0.29, 0.717) is 89.3 Å². The number of carbonyl (C=O) groups excluding carboxylic acids is 5. The number of hydrogen-bond donors (Lipinski definition) is 2. The van der Waals surface area contributed by atoms with Crippen molar-refractivity contribution in [3.63, 3.8) is 0 Å². The number of methoxy groups -OCH3 is 3. The van der Waals surface area contributed by atoms with Gasteiger partial charge in [-0.15, -0.1) is 0 Å². The summed E-state index contributed by atoms with van der Waals surface area (Å²) in [6, 6.07) is -0.873. The summed E-state index contributed by atoms with van der Waals surface area (Å²) in [5.74, 6) is -7.89. The Labute approximate surface area is 429 Å². The number of esters is 1. The van der Waals surface area contributed by atoms with Crippen LogP contribution in [0.3, 0.4) is 0 Å². The highest BCUT2D eigenvalue weighted by atomic mass is 16.7. The van der Waals surface area contributed by atoms with Crippen LogP contribution in [0.5, 0.6) is 0 Å². The van der Waals surface area contributed by atoms with Crippen molar-refractivity contribution in [1.29, 1.82) is 0 Å². The highest BCUT2D eigenvalue weighted by molar-refractivity contribution is 6.39. The van der Waals surface area contributed by atoms with Gasteiger partial charge in [0.05, 0.1) is 37.6 Å². The van der Waals surface area contributed by atoms with Crippen molar-refractivity contribution in [2.75, 3.05) is 67.3 Å². The van der Waals surface area contributed by atoms with Crippen LogP contribution in [0, 0.1) is 29.6 Å². The van der Waals surface area contributed by atoms with Gasteiger partial charge in [-0.05, 0) is 102 Å². The summed E-state index contributed by atoms with van der Waals surface area (Å²) < 4.78 is 42.0. The first-order valence-electron chi connectivity index (χ1n) is 26.5. The predicted molar refractivity (Wildman–Crippen MR) is 271 cm³/mol. The lowest BCUT2D eigenvalue weighted by Gasteiger charge is -2.47. The summed E-state index contributed by atoms with van der Waals surface area (Å²) >= 11 is 0. The third-order valence-electron chi connectivity index (χ3n) is 16.2. The van der Waals surface area contributed by atoms with Gasteiger partial charge >= 0.3 is 12.1 Å². The number of aliphatic hydroxyl groups excluding tert-OH is 1. The summed E-state index contributed by atoms with van der Waals surface area (Å²) in [6.07, 6.45) is 7.75. The fraction of sp³-hybridized carbons (Fsp3) is 0.800. The molecule has 6 aliphatic rings. The molecule has 5 fully saturated rings. The lowest BCUT2D eigenvalue weighted by Crippen LogP contribution is -2.64. The first-order valence-corrected chi connectivity index (χ1v) is 26.5. The van der Waals surface area contributed by atoms with Crippen molar-refractivity contribution in [2.45, 2.75) is 187 Å². The molecule has 5 aliphatic heterocycles. The second-order valence-electron chi connectivity index (χ2n) is 21.4. The van der Waals surface area contributed by atoms with Gasteiger partial charge in [-0.25, -0.2) is 9.59 Å². The van der Waals surface area contributed by atoms with Crippen molar-refractivity contribution in [1.82, 2.24) is 14.7 Å². The zero-order valence-corrected chi connectivity index (χ0v) is 44.0. The second kappa shape index (κ2) is 27.3. The summed E-state index contributed by atoms with van der Waals surface area (Å²) in [6.45, 7) is 15.7. The maximum absolute atomic E-state index is 14.6. The second-order valence-corrected chi connectivity index (χ2v) is 21.4. The Morgan fingerprint density at radius 1 is 0.875 bits per heavy atom. The van der Waals surface area contributed by atoms with Gasteiger partial charge in [0.2, 0.25) is 5.79 Å². The average Bonchev–Trinajstić information content (AvgIpc) is 3.34. The Morgan fingerprint density at radius 3 is 2.22 bits per heavy atom. The van der Waals surface area contributed by atoms with Gasteiger partial charge < -0.3 is 53.2 Å². The number of ether oxygens (including phenoxy) is 7. The van der Waals surface area contributed by atoms with E-state index in [0.717, 1.165) is 25.1 Å². The van der Waals surface area contributed by atoms with E-state index in [4.69, 9.17) is 33.2 Å². The van der Waals surface area contributed by atoms with Gasteiger partial charge in [-0.1, -0.05) is 65.0 Å². The van der Waals surface area contributed by atoms with Gasteiger partial charge in [-0.3, -0.25) is 19.3 Å². The van der Waals surface area contributed by atoms with Crippen LogP contribution in [0.1, 0.15) is 126 Å². The molecule has 2 bridgehead atoms. The first kappa shape index (κ1) is 59.3. The number of nitrogens with zero attached hydrogens (tertiary/aromatic N) is 3. The van der Waals surface area contributed by atoms with Crippen molar-refractivity contribution < 1.29 is 67.3 Å². The molecule has 0 spiro atoms. The molecule has 14 atom stereocenters. The van der Waals surface area contributed by atoms with Crippen LogP contribution in [-0.2, 0) is 52.3 Å². The van der Waals surface area contributed by atoms with Crippen molar-refractivity contribution in [2.24, 2.45) is 29.6 Å². The minimum Gasteiger partial charge on any atom is -0.456 e. The summed E-state index contributed by atoms with van der Waals surface area (Å²) in [4.78, 5) is 76.4. The first-order chi connectivity index (χ1) is 33.9. The Hall–Kier alpha value is -3.55. The van der Waals surface area contributed by atoms with Gasteiger partial charge in [0.15, 0.2) is 0 Å². The molecule has 2 amide bonds. The quantitative estimate of drug-likeness (QED) is 0.142. The Balaban J connectivity index is 0.00000963. The summed E-state index contributed by atoms with van der Waals surface area (Å²) in [7, 11) is 4.67. The van der Waals surface area contributed by atoms with Crippen LogP contribution in [0.25, 0.3) is 0 Å². The molecule has 0 unspecified atom stereocenters. The number of likely N-dealkylation sites (tertiary alicyclic amines) is 1. The average molecular weight is 1020 g/mol. The van der Waals surface area contributed by atoms with E-state index in [-0.39, 0.29) is 56.9 Å². The predicted octanol–water partition coefficient (Wildman–Crippen LogP) is 6.22. The molecular weight excluding hydrogens is 927 g/mol. The summed E-state index contributed by atoms with van der Waals surface area (Å²) in [5, 5.41) is 24.2. The number of hydrogen-bond acceptors (Lipinski definition) is 15. The van der Waals surface area contributed by atoms with E-state index in [1.807, 2.05) is 45.1 Å². The highest BCUT2D eigenvalue weighted by Gasteiger charge is 2.57. The number of amides is 2. The molecule has 0 radical (unpaired) electrons. The fourth-order valence-electron chi connectivity index (χ4n) is 11.8. The highest BCUT2D eigenvalue weighted by Crippen LogP contribution is 2.40. The van der Waals surface area contributed by atoms with E-state index in [2.05, 4.69) is 11.8 Å². The van der Waals surface area contributed by atoms with Gasteiger partial charge in [0, 0.05) is 84.3 Å². The molecule has 17 heteroatoms. The summed E-state index contributed by atoms with van der Waals surface area (Å²) in [5.41, 5.74) is 1.62. The Kier molecular flexibility index (Phi) is 22.5. The number of rotatable bonds is 10. The van der Waals surface area contributed by atoms with Crippen LogP contribution in [-0.4, -0.2) is 182 Å². The maximum Gasteiger partial charge on any atom is 0.410 e. The van der Waals surface area contributed by atoms with Crippen molar-refractivity contribution >= 4 is 29.5 Å². The van der Waals surface area contributed by atoms with Crippen LogP contribution in [0.15, 0.2) is 35.5 Å². The van der Waals surface area contributed by atoms with E-state index in [1.54, 1.807) is 25.9 Å². The smallest absolute Gasteiger partial charge is 0.410 e. The zero-order chi connectivity index (χ0) is 51.6. The Bertz CT molecular complexity index is 1910. The minimum atomic E-state index is -2.53. The molecule has 1 aliphatic carbocycles. The van der Waals surface area contributed by atoms with Gasteiger partial charge in [-0.2, -0.15) is 0 Å². The van der Waals surface area contributed by atoms with Crippen LogP contribution in [0.2, 0.25) is 0 Å². The monoisotopic (exact) mass is 1020 g/mol. The van der Waals surface area contributed by atoms with E-state index < -0.39 is 90.0 Å². The molecule has 0 aromatic rings. The number of carbonyl (C=O) groups is 5. The number of morpholine rings is 1. The number of Topliss-reactive ketones (excluding diaryl/α,β-unsaturated/α-hetero) is 2. The van der Waals surface area contributed by atoms with Crippen LogP contribution >= 0.6 is 0 Å². The SMILES string of the molecule is C.CC/C=C/C[C@@H]1/C=C(\C)C[C@H](C)C[C@H](OC)[C@H]2O[C@@](O)(C(=O)C(=O)N3CCCC[C@H]3C(=O)O[C@H](/C(C)=C/[C@@H]3CC[C@@H](OC(=O)N4CC(N5CCOCC5)C4)[C@H](OC)C3)[C@H](C)[C@@H](O)CC1=O)[C@H](C)C[C@@H]2OC. The molecule has 17 nitrogen and oxygen atoms in total. The molecule has 2 N–H and O–H groups in total. The van der Waals surface area contributed by atoms with E-state index in [9.17, 15) is 34.2 Å². The van der Waals surface area contributed by atoms with Crippen molar-refractivity contribution in [3.05, 3.63) is 35.5 Å². The molecule has 5 heterocycles.